The Morgan fingerprint density at radius 1 is 1.69 bits per heavy atom. The lowest BCUT2D eigenvalue weighted by Crippen LogP contribution is -2.59. The van der Waals surface area contributed by atoms with Gasteiger partial charge < -0.3 is 15.8 Å². The van der Waals surface area contributed by atoms with Crippen LogP contribution in [-0.2, 0) is 9.53 Å². The molecule has 1 saturated carbocycles. The number of hydrogen-bond donors (Lipinski definition) is 2. The fraction of sp³-hybridized carbons (Fsp3) is 0.889. The number of rotatable bonds is 6. The van der Waals surface area contributed by atoms with Crippen LogP contribution in [0.15, 0.2) is 0 Å². The molecule has 76 valence electrons. The maximum atomic E-state index is 11.3. The fourth-order valence-electron chi connectivity index (χ4n) is 1.63. The summed E-state index contributed by atoms with van der Waals surface area (Å²) in [5.41, 5.74) is 4.75. The van der Waals surface area contributed by atoms with E-state index in [1.807, 2.05) is 6.92 Å². The van der Waals surface area contributed by atoms with Crippen molar-refractivity contribution in [3.8, 4) is 0 Å². The molecule has 13 heavy (non-hydrogen) atoms. The van der Waals surface area contributed by atoms with Gasteiger partial charge in [-0.15, -0.1) is 0 Å². The SMILES string of the molecule is CCOCC(NC)(C(N)=O)C1CC1. The predicted octanol–water partition coefficient (Wildman–Crippen LogP) is -0.124. The molecule has 1 rings (SSSR count). The second-order valence-electron chi connectivity index (χ2n) is 3.50. The quantitative estimate of drug-likeness (QED) is 0.607. The summed E-state index contributed by atoms with van der Waals surface area (Å²) in [5.74, 6) is 0.0625. The van der Waals surface area contributed by atoms with Crippen LogP contribution >= 0.6 is 0 Å². The van der Waals surface area contributed by atoms with Gasteiger partial charge in [-0.2, -0.15) is 0 Å². The number of amides is 1. The summed E-state index contributed by atoms with van der Waals surface area (Å²) in [6.07, 6.45) is 2.13. The van der Waals surface area contributed by atoms with Gasteiger partial charge in [-0.1, -0.05) is 0 Å². The zero-order valence-corrected chi connectivity index (χ0v) is 8.30. The summed E-state index contributed by atoms with van der Waals surface area (Å²) in [4.78, 5) is 11.3. The van der Waals surface area contributed by atoms with Gasteiger partial charge in [-0.05, 0) is 32.7 Å². The Balaban J connectivity index is 2.64. The second-order valence-corrected chi connectivity index (χ2v) is 3.50. The summed E-state index contributed by atoms with van der Waals surface area (Å²) in [5, 5.41) is 3.01. The number of nitrogens with one attached hydrogen (secondary N) is 1. The summed E-state index contributed by atoms with van der Waals surface area (Å²) in [6.45, 7) is 2.91. The van der Waals surface area contributed by atoms with Crippen LogP contribution in [0.1, 0.15) is 19.8 Å². The van der Waals surface area contributed by atoms with Gasteiger partial charge in [-0.25, -0.2) is 0 Å². The number of nitrogens with two attached hydrogens (primary N) is 1. The van der Waals surface area contributed by atoms with Crippen LogP contribution in [0.5, 0.6) is 0 Å². The van der Waals surface area contributed by atoms with E-state index in [1.165, 1.54) is 0 Å². The molecule has 0 radical (unpaired) electrons. The highest BCUT2D eigenvalue weighted by atomic mass is 16.5. The summed E-state index contributed by atoms with van der Waals surface area (Å²) in [7, 11) is 1.77. The highest BCUT2D eigenvalue weighted by Gasteiger charge is 2.48. The van der Waals surface area contributed by atoms with E-state index in [0.717, 1.165) is 12.8 Å². The fourth-order valence-corrected chi connectivity index (χ4v) is 1.63. The van der Waals surface area contributed by atoms with E-state index in [1.54, 1.807) is 7.05 Å². The van der Waals surface area contributed by atoms with Crippen LogP contribution in [0.4, 0.5) is 0 Å². The van der Waals surface area contributed by atoms with Gasteiger partial charge in [0, 0.05) is 6.61 Å². The number of carbonyl (C=O) groups is 1. The van der Waals surface area contributed by atoms with Crippen molar-refractivity contribution in [1.29, 1.82) is 0 Å². The number of primary amides is 1. The van der Waals surface area contributed by atoms with E-state index >= 15 is 0 Å². The molecule has 0 spiro atoms. The minimum atomic E-state index is -0.629. The highest BCUT2D eigenvalue weighted by molar-refractivity contribution is 5.85. The lowest BCUT2D eigenvalue weighted by molar-refractivity contribution is -0.127. The molecule has 1 unspecified atom stereocenters. The van der Waals surface area contributed by atoms with Gasteiger partial charge >= 0.3 is 0 Å². The summed E-state index contributed by atoms with van der Waals surface area (Å²) < 4.78 is 5.29. The van der Waals surface area contributed by atoms with Crippen molar-refractivity contribution < 1.29 is 9.53 Å². The minimum Gasteiger partial charge on any atom is -0.379 e. The monoisotopic (exact) mass is 186 g/mol. The Labute approximate surface area is 78.8 Å². The van der Waals surface area contributed by atoms with Crippen molar-refractivity contribution in [1.82, 2.24) is 5.32 Å². The number of hydrogen-bond acceptors (Lipinski definition) is 3. The highest BCUT2D eigenvalue weighted by Crippen LogP contribution is 2.39. The van der Waals surface area contributed by atoms with Gasteiger partial charge in [0.1, 0.15) is 5.54 Å². The van der Waals surface area contributed by atoms with Crippen molar-refractivity contribution >= 4 is 5.91 Å². The molecule has 0 aliphatic heterocycles. The largest absolute Gasteiger partial charge is 0.379 e. The van der Waals surface area contributed by atoms with Gasteiger partial charge in [0.15, 0.2) is 0 Å². The first kappa shape index (κ1) is 10.5. The molecule has 1 aliphatic carbocycles. The normalized spacial score (nSPS) is 21.1. The smallest absolute Gasteiger partial charge is 0.240 e. The van der Waals surface area contributed by atoms with Crippen molar-refractivity contribution in [2.24, 2.45) is 11.7 Å². The summed E-state index contributed by atoms with van der Waals surface area (Å²) in [6, 6.07) is 0. The average Bonchev–Trinajstić information content (AvgIpc) is 2.90. The van der Waals surface area contributed by atoms with E-state index < -0.39 is 5.54 Å². The van der Waals surface area contributed by atoms with Gasteiger partial charge in [0.2, 0.25) is 5.91 Å². The third-order valence-corrected chi connectivity index (χ3v) is 2.69. The van der Waals surface area contributed by atoms with E-state index in [4.69, 9.17) is 10.5 Å². The zero-order chi connectivity index (χ0) is 9.90. The molecule has 0 heterocycles. The summed E-state index contributed by atoms with van der Waals surface area (Å²) >= 11 is 0. The Bertz CT molecular complexity index is 192. The van der Waals surface area contributed by atoms with Crippen molar-refractivity contribution in [2.45, 2.75) is 25.3 Å². The first-order valence-corrected chi connectivity index (χ1v) is 4.74. The average molecular weight is 186 g/mol. The molecule has 0 bridgehead atoms. The Morgan fingerprint density at radius 3 is 2.62 bits per heavy atom. The molecular weight excluding hydrogens is 168 g/mol. The first-order valence-electron chi connectivity index (χ1n) is 4.74. The molecular formula is C9H18N2O2. The first-order chi connectivity index (χ1) is 6.17. The van der Waals surface area contributed by atoms with E-state index in [-0.39, 0.29) is 5.91 Å². The second kappa shape index (κ2) is 4.07. The lowest BCUT2D eigenvalue weighted by Gasteiger charge is -2.29. The van der Waals surface area contributed by atoms with Crippen LogP contribution in [-0.4, -0.2) is 31.7 Å². The van der Waals surface area contributed by atoms with Gasteiger partial charge in [0.05, 0.1) is 6.61 Å². The molecule has 0 saturated heterocycles. The molecule has 1 fully saturated rings. The van der Waals surface area contributed by atoms with E-state index in [9.17, 15) is 4.79 Å². The molecule has 1 amide bonds. The molecule has 1 atom stereocenters. The number of ether oxygens (including phenoxy) is 1. The molecule has 0 aromatic heterocycles. The van der Waals surface area contributed by atoms with Crippen LogP contribution < -0.4 is 11.1 Å². The predicted molar refractivity (Wildman–Crippen MR) is 50.2 cm³/mol. The van der Waals surface area contributed by atoms with E-state index in [2.05, 4.69) is 5.32 Å². The number of likely N-dealkylation sites (N-methyl/N-ethyl adjacent to an activating group) is 1. The van der Waals surface area contributed by atoms with Gasteiger partial charge in [0.25, 0.3) is 0 Å². The van der Waals surface area contributed by atoms with Crippen molar-refractivity contribution in [2.75, 3.05) is 20.3 Å². The number of carbonyl (C=O) groups excluding carboxylic acids is 1. The minimum absolute atomic E-state index is 0.300. The molecule has 1 aliphatic rings. The maximum absolute atomic E-state index is 11.3. The van der Waals surface area contributed by atoms with Gasteiger partial charge in [-0.3, -0.25) is 4.79 Å². The lowest BCUT2D eigenvalue weighted by atomic mass is 9.93. The molecule has 4 nitrogen and oxygen atoms in total. The third kappa shape index (κ3) is 2.00. The topological polar surface area (TPSA) is 64.3 Å². The van der Waals surface area contributed by atoms with Crippen LogP contribution in [0.3, 0.4) is 0 Å². The van der Waals surface area contributed by atoms with Crippen LogP contribution in [0, 0.1) is 5.92 Å². The van der Waals surface area contributed by atoms with Crippen molar-refractivity contribution in [3.05, 3.63) is 0 Å². The zero-order valence-electron chi connectivity index (χ0n) is 8.30. The molecule has 4 heteroatoms. The Morgan fingerprint density at radius 2 is 2.31 bits per heavy atom. The maximum Gasteiger partial charge on any atom is 0.240 e. The van der Waals surface area contributed by atoms with E-state index in [0.29, 0.717) is 19.1 Å². The third-order valence-electron chi connectivity index (χ3n) is 2.69. The van der Waals surface area contributed by atoms with Crippen LogP contribution in [0.2, 0.25) is 0 Å². The van der Waals surface area contributed by atoms with Crippen LogP contribution in [0.25, 0.3) is 0 Å². The molecule has 0 aromatic rings. The van der Waals surface area contributed by atoms with Crippen molar-refractivity contribution in [3.63, 3.8) is 0 Å². The molecule has 0 aromatic carbocycles. The Hall–Kier alpha value is -0.610. The standard InChI is InChI=1S/C9H18N2O2/c1-3-13-6-9(11-2,8(10)12)7-4-5-7/h7,11H,3-6H2,1-2H3,(H2,10,12). The molecule has 3 N–H and O–H groups in total. The Kier molecular flexibility index (Phi) is 3.27.